The molecule has 1 aliphatic carbocycles. The van der Waals surface area contributed by atoms with Crippen LogP contribution >= 0.6 is 0 Å². The van der Waals surface area contributed by atoms with E-state index in [0.29, 0.717) is 6.04 Å². The van der Waals surface area contributed by atoms with Gasteiger partial charge < -0.3 is 14.6 Å². The summed E-state index contributed by atoms with van der Waals surface area (Å²) in [5.74, 6) is -1.76. The zero-order valence-corrected chi connectivity index (χ0v) is 14.8. The second kappa shape index (κ2) is 7.56. The van der Waals surface area contributed by atoms with Crippen molar-refractivity contribution in [2.75, 3.05) is 11.9 Å². The van der Waals surface area contributed by atoms with Crippen LogP contribution in [-0.2, 0) is 14.3 Å². The lowest BCUT2D eigenvalue weighted by molar-refractivity contribution is -0.142. The Morgan fingerprint density at radius 2 is 2.04 bits per heavy atom. The summed E-state index contributed by atoms with van der Waals surface area (Å²) in [6.07, 6.45) is 5.38. The Morgan fingerprint density at radius 1 is 1.31 bits per heavy atom. The Kier molecular flexibility index (Phi) is 5.21. The molecule has 2 aromatic rings. The minimum atomic E-state index is -0.620. The van der Waals surface area contributed by atoms with E-state index in [2.05, 4.69) is 9.88 Å². The third-order valence-electron chi connectivity index (χ3n) is 4.33. The molecule has 0 bridgehead atoms. The molecule has 0 radical (unpaired) electrons. The predicted octanol–water partition coefficient (Wildman–Crippen LogP) is 3.77. The first-order chi connectivity index (χ1) is 12.5. The molecule has 1 heterocycles. The summed E-state index contributed by atoms with van der Waals surface area (Å²) < 4.78 is 20.6. The van der Waals surface area contributed by atoms with Gasteiger partial charge in [-0.2, -0.15) is 0 Å². The third-order valence-corrected chi connectivity index (χ3v) is 4.33. The number of halogens is 1. The lowest BCUT2D eigenvalue weighted by atomic mass is 10.2. The molecule has 0 atom stereocenters. The van der Waals surface area contributed by atoms with Crippen molar-refractivity contribution in [1.82, 2.24) is 4.57 Å². The molecule has 0 saturated heterocycles. The number of rotatable bonds is 6. The van der Waals surface area contributed by atoms with E-state index in [1.807, 2.05) is 19.9 Å². The summed E-state index contributed by atoms with van der Waals surface area (Å²) in [5, 5.41) is 2.36. The highest BCUT2D eigenvalue weighted by Crippen LogP contribution is 2.38. The lowest BCUT2D eigenvalue weighted by Crippen LogP contribution is -2.20. The maximum Gasteiger partial charge on any atom is 0.331 e. The molecule has 6 heteroatoms. The van der Waals surface area contributed by atoms with Gasteiger partial charge in [0.2, 0.25) is 0 Å². The number of hydrogen-bond acceptors (Lipinski definition) is 3. The summed E-state index contributed by atoms with van der Waals surface area (Å²) in [6.45, 7) is 3.60. The largest absolute Gasteiger partial charge is 0.452 e. The van der Waals surface area contributed by atoms with E-state index in [1.54, 1.807) is 12.1 Å². The molecule has 0 spiro atoms. The summed E-state index contributed by atoms with van der Waals surface area (Å²) in [4.78, 5) is 23.6. The van der Waals surface area contributed by atoms with Crippen molar-refractivity contribution < 1.29 is 18.7 Å². The summed E-state index contributed by atoms with van der Waals surface area (Å²) in [6, 6.07) is 8.41. The van der Waals surface area contributed by atoms with Crippen LogP contribution in [0.4, 0.5) is 10.1 Å². The predicted molar refractivity (Wildman–Crippen MR) is 97.2 cm³/mol. The molecule has 1 N–H and O–H groups in total. The molecule has 1 aromatic carbocycles. The van der Waals surface area contributed by atoms with Gasteiger partial charge >= 0.3 is 5.97 Å². The van der Waals surface area contributed by atoms with Crippen molar-refractivity contribution in [2.24, 2.45) is 0 Å². The van der Waals surface area contributed by atoms with Crippen molar-refractivity contribution in [2.45, 2.75) is 32.7 Å². The maximum absolute atomic E-state index is 13.5. The molecule has 3 rings (SSSR count). The van der Waals surface area contributed by atoms with Crippen LogP contribution in [0, 0.1) is 19.7 Å². The minimum absolute atomic E-state index is 0.0524. The van der Waals surface area contributed by atoms with Gasteiger partial charge in [-0.1, -0.05) is 12.1 Å². The van der Waals surface area contributed by atoms with Crippen molar-refractivity contribution in [3.8, 4) is 0 Å². The fourth-order valence-corrected chi connectivity index (χ4v) is 2.96. The van der Waals surface area contributed by atoms with Crippen LogP contribution in [0.2, 0.25) is 0 Å². The average molecular weight is 356 g/mol. The fraction of sp³-hybridized carbons (Fsp3) is 0.300. The summed E-state index contributed by atoms with van der Waals surface area (Å²) >= 11 is 0. The van der Waals surface area contributed by atoms with Gasteiger partial charge in [0.25, 0.3) is 5.91 Å². The minimum Gasteiger partial charge on any atom is -0.452 e. The first-order valence-electron chi connectivity index (χ1n) is 8.53. The van der Waals surface area contributed by atoms with E-state index in [1.165, 1.54) is 42.8 Å². The number of amides is 1. The zero-order chi connectivity index (χ0) is 18.7. The number of para-hydroxylation sites is 1. The number of nitrogens with one attached hydrogen (secondary N) is 1. The number of aryl methyl sites for hydroxylation is 1. The normalized spacial score (nSPS) is 13.8. The van der Waals surface area contributed by atoms with Gasteiger partial charge in [0, 0.05) is 23.5 Å². The van der Waals surface area contributed by atoms with Crippen molar-refractivity contribution in [3.63, 3.8) is 0 Å². The van der Waals surface area contributed by atoms with E-state index in [4.69, 9.17) is 4.74 Å². The number of anilines is 1. The van der Waals surface area contributed by atoms with Crippen LogP contribution in [0.25, 0.3) is 6.08 Å². The van der Waals surface area contributed by atoms with Crippen LogP contribution in [0.15, 0.2) is 36.4 Å². The van der Waals surface area contributed by atoms with E-state index in [-0.39, 0.29) is 5.69 Å². The molecule has 1 fully saturated rings. The Hall–Kier alpha value is -2.89. The molecule has 0 aliphatic heterocycles. The number of carbonyl (C=O) groups is 2. The molecule has 26 heavy (non-hydrogen) atoms. The highest BCUT2D eigenvalue weighted by Gasteiger charge is 2.26. The van der Waals surface area contributed by atoms with Gasteiger partial charge in [0.05, 0.1) is 5.69 Å². The van der Waals surface area contributed by atoms with E-state index in [0.717, 1.165) is 11.3 Å². The van der Waals surface area contributed by atoms with Crippen LogP contribution in [-0.4, -0.2) is 23.1 Å². The van der Waals surface area contributed by atoms with Gasteiger partial charge in [-0.3, -0.25) is 4.79 Å². The Bertz CT molecular complexity index is 866. The van der Waals surface area contributed by atoms with Gasteiger partial charge in [0.1, 0.15) is 5.82 Å². The standard InChI is InChI=1S/C20H21FN2O3/c1-13-11-15(14(2)23(13)16-8-9-16)7-10-20(25)26-12-19(24)22-18-6-4-3-5-17(18)21/h3-7,10-11,16H,8-9,12H2,1-2H3,(H,22,24)/b10-7+. The van der Waals surface area contributed by atoms with Gasteiger partial charge in [-0.25, -0.2) is 9.18 Å². The number of nitrogens with zero attached hydrogens (tertiary/aromatic N) is 1. The topological polar surface area (TPSA) is 60.3 Å². The first-order valence-corrected chi connectivity index (χ1v) is 8.53. The van der Waals surface area contributed by atoms with Gasteiger partial charge in [-0.05, 0) is 56.5 Å². The number of ether oxygens (including phenoxy) is 1. The Labute approximate surface area is 151 Å². The smallest absolute Gasteiger partial charge is 0.331 e. The molecular formula is C20H21FN2O3. The molecule has 1 saturated carbocycles. The van der Waals surface area contributed by atoms with Crippen LogP contribution < -0.4 is 5.32 Å². The molecular weight excluding hydrogens is 335 g/mol. The van der Waals surface area contributed by atoms with Crippen LogP contribution in [0.3, 0.4) is 0 Å². The molecule has 1 amide bonds. The summed E-state index contributed by atoms with van der Waals surface area (Å²) in [5.41, 5.74) is 3.30. The number of benzene rings is 1. The number of esters is 1. The van der Waals surface area contributed by atoms with E-state index < -0.39 is 24.3 Å². The van der Waals surface area contributed by atoms with Crippen LogP contribution in [0.1, 0.15) is 35.8 Å². The second-order valence-corrected chi connectivity index (χ2v) is 6.40. The Morgan fingerprint density at radius 3 is 2.73 bits per heavy atom. The molecule has 136 valence electrons. The Balaban J connectivity index is 1.53. The van der Waals surface area contributed by atoms with Crippen molar-refractivity contribution in [1.29, 1.82) is 0 Å². The number of hydrogen-bond donors (Lipinski definition) is 1. The van der Waals surface area contributed by atoms with E-state index in [9.17, 15) is 14.0 Å². The fourth-order valence-electron chi connectivity index (χ4n) is 2.96. The molecule has 0 unspecified atom stereocenters. The van der Waals surface area contributed by atoms with Gasteiger partial charge in [-0.15, -0.1) is 0 Å². The zero-order valence-electron chi connectivity index (χ0n) is 14.8. The summed E-state index contributed by atoms with van der Waals surface area (Å²) in [7, 11) is 0. The third kappa shape index (κ3) is 4.20. The quantitative estimate of drug-likeness (QED) is 0.633. The molecule has 1 aromatic heterocycles. The SMILES string of the molecule is Cc1cc(/C=C/C(=O)OCC(=O)Nc2ccccc2F)c(C)n1C1CC1. The van der Waals surface area contributed by atoms with Gasteiger partial charge in [0.15, 0.2) is 6.61 Å². The second-order valence-electron chi connectivity index (χ2n) is 6.40. The molecule has 1 aliphatic rings. The van der Waals surface area contributed by atoms with Crippen molar-refractivity contribution >= 4 is 23.6 Å². The monoisotopic (exact) mass is 356 g/mol. The lowest BCUT2D eigenvalue weighted by Gasteiger charge is -2.07. The highest BCUT2D eigenvalue weighted by molar-refractivity contribution is 5.94. The maximum atomic E-state index is 13.5. The first kappa shape index (κ1) is 17.9. The number of aromatic nitrogens is 1. The average Bonchev–Trinajstić information content (AvgIpc) is 3.39. The number of carbonyl (C=O) groups excluding carboxylic acids is 2. The van der Waals surface area contributed by atoms with E-state index >= 15 is 0 Å². The van der Waals surface area contributed by atoms with Crippen molar-refractivity contribution in [3.05, 3.63) is 59.2 Å². The van der Waals surface area contributed by atoms with Crippen LogP contribution in [0.5, 0.6) is 0 Å². The molecule has 5 nitrogen and oxygen atoms in total. The highest BCUT2D eigenvalue weighted by atomic mass is 19.1.